The summed E-state index contributed by atoms with van der Waals surface area (Å²) in [5, 5.41) is 4.05. The number of aromatic nitrogens is 2. The Morgan fingerprint density at radius 1 is 1.67 bits per heavy atom. The maximum atomic E-state index is 11.6. The molecule has 1 rings (SSSR count). The minimum absolute atomic E-state index is 0.170. The summed E-state index contributed by atoms with van der Waals surface area (Å²) in [7, 11) is 3.45. The molecule has 0 N–H and O–H groups in total. The second-order valence-corrected chi connectivity index (χ2v) is 3.62. The summed E-state index contributed by atoms with van der Waals surface area (Å²) in [5.41, 5.74) is 1.09. The first kappa shape index (κ1) is 11.9. The third kappa shape index (κ3) is 3.47. The second-order valence-electron chi connectivity index (χ2n) is 3.62. The number of hydrogen-bond donors (Lipinski definition) is 0. The number of ether oxygens (including phenoxy) is 1. The highest BCUT2D eigenvalue weighted by atomic mass is 16.5. The molecule has 15 heavy (non-hydrogen) atoms. The molecule has 0 aliphatic rings. The minimum atomic E-state index is -0.248. The molecule has 4 heteroatoms. The molecule has 1 atom stereocenters. The SMILES string of the molecule is CCC(OC)C(=O)CCc1cnn(C)c1. The summed E-state index contributed by atoms with van der Waals surface area (Å²) < 4.78 is 6.83. The highest BCUT2D eigenvalue weighted by molar-refractivity contribution is 5.83. The zero-order valence-electron chi connectivity index (χ0n) is 9.56. The van der Waals surface area contributed by atoms with Gasteiger partial charge >= 0.3 is 0 Å². The lowest BCUT2D eigenvalue weighted by molar-refractivity contribution is -0.128. The first-order valence-corrected chi connectivity index (χ1v) is 5.20. The molecule has 0 aromatic carbocycles. The third-order valence-electron chi connectivity index (χ3n) is 2.43. The molecule has 0 amide bonds. The van der Waals surface area contributed by atoms with Gasteiger partial charge in [-0.05, 0) is 18.4 Å². The molecule has 0 aliphatic heterocycles. The number of rotatable bonds is 6. The number of carbonyl (C=O) groups is 1. The molecule has 1 aromatic rings. The van der Waals surface area contributed by atoms with Crippen LogP contribution < -0.4 is 0 Å². The van der Waals surface area contributed by atoms with Gasteiger partial charge in [0, 0.05) is 26.8 Å². The molecule has 0 saturated carbocycles. The van der Waals surface area contributed by atoms with Crippen molar-refractivity contribution in [3.8, 4) is 0 Å². The van der Waals surface area contributed by atoms with Gasteiger partial charge in [-0.3, -0.25) is 9.48 Å². The Hall–Kier alpha value is -1.16. The number of Topliss-reactive ketones (excluding diaryl/α,β-unsaturated/α-hetero) is 1. The van der Waals surface area contributed by atoms with Gasteiger partial charge in [0.15, 0.2) is 5.78 Å². The topological polar surface area (TPSA) is 44.1 Å². The number of hydrogen-bond acceptors (Lipinski definition) is 3. The highest BCUT2D eigenvalue weighted by Crippen LogP contribution is 2.06. The molecule has 0 aliphatic carbocycles. The quantitative estimate of drug-likeness (QED) is 0.711. The Morgan fingerprint density at radius 2 is 2.40 bits per heavy atom. The van der Waals surface area contributed by atoms with Crippen molar-refractivity contribution < 1.29 is 9.53 Å². The van der Waals surface area contributed by atoms with Crippen molar-refractivity contribution >= 4 is 5.78 Å². The van der Waals surface area contributed by atoms with Crippen molar-refractivity contribution in [2.24, 2.45) is 7.05 Å². The predicted molar refractivity (Wildman–Crippen MR) is 57.6 cm³/mol. The molecule has 1 aromatic heterocycles. The van der Waals surface area contributed by atoms with Gasteiger partial charge in [-0.2, -0.15) is 5.10 Å². The summed E-state index contributed by atoms with van der Waals surface area (Å²) >= 11 is 0. The van der Waals surface area contributed by atoms with Crippen LogP contribution in [0.4, 0.5) is 0 Å². The van der Waals surface area contributed by atoms with Crippen LogP contribution in [0.25, 0.3) is 0 Å². The molecule has 0 bridgehead atoms. The van der Waals surface area contributed by atoms with Crippen LogP contribution in [-0.4, -0.2) is 28.8 Å². The van der Waals surface area contributed by atoms with E-state index in [9.17, 15) is 4.79 Å². The Morgan fingerprint density at radius 3 is 2.87 bits per heavy atom. The smallest absolute Gasteiger partial charge is 0.161 e. The third-order valence-corrected chi connectivity index (χ3v) is 2.43. The van der Waals surface area contributed by atoms with Gasteiger partial charge in [0.25, 0.3) is 0 Å². The standard InChI is InChI=1S/C11H18N2O2/c1-4-11(15-3)10(14)6-5-9-7-12-13(2)8-9/h7-8,11H,4-6H2,1-3H3. The minimum Gasteiger partial charge on any atom is -0.374 e. The predicted octanol–water partition coefficient (Wildman–Crippen LogP) is 1.35. The first-order chi connectivity index (χ1) is 7.17. The Bertz CT molecular complexity index is 316. The summed E-state index contributed by atoms with van der Waals surface area (Å²) in [5.74, 6) is 0.170. The van der Waals surface area contributed by atoms with E-state index >= 15 is 0 Å². The molecule has 84 valence electrons. The number of methoxy groups -OCH3 is 1. The van der Waals surface area contributed by atoms with Gasteiger partial charge in [0.1, 0.15) is 6.10 Å². The number of carbonyl (C=O) groups excluding carboxylic acids is 1. The summed E-state index contributed by atoms with van der Waals surface area (Å²) in [6, 6.07) is 0. The van der Waals surface area contributed by atoms with Gasteiger partial charge in [0.2, 0.25) is 0 Å². The van der Waals surface area contributed by atoms with Gasteiger partial charge < -0.3 is 4.74 Å². The average molecular weight is 210 g/mol. The molecular weight excluding hydrogens is 192 g/mol. The fourth-order valence-corrected chi connectivity index (χ4v) is 1.56. The van der Waals surface area contributed by atoms with E-state index in [2.05, 4.69) is 5.10 Å². The van der Waals surface area contributed by atoms with Crippen LogP contribution in [0.5, 0.6) is 0 Å². The number of nitrogens with zero attached hydrogens (tertiary/aromatic N) is 2. The maximum Gasteiger partial charge on any atom is 0.161 e. The van der Waals surface area contributed by atoms with Crippen molar-refractivity contribution in [2.45, 2.75) is 32.3 Å². The lowest BCUT2D eigenvalue weighted by atomic mass is 10.1. The first-order valence-electron chi connectivity index (χ1n) is 5.20. The maximum absolute atomic E-state index is 11.6. The molecule has 0 fully saturated rings. The van der Waals surface area contributed by atoms with Gasteiger partial charge in [0.05, 0.1) is 6.20 Å². The molecule has 4 nitrogen and oxygen atoms in total. The Labute approximate surface area is 90.2 Å². The Balaban J connectivity index is 2.40. The average Bonchev–Trinajstić information content (AvgIpc) is 2.63. The zero-order valence-corrected chi connectivity index (χ0v) is 9.56. The van der Waals surface area contributed by atoms with E-state index in [1.807, 2.05) is 20.2 Å². The second kappa shape index (κ2) is 5.66. The van der Waals surface area contributed by atoms with E-state index in [1.54, 1.807) is 18.0 Å². The monoisotopic (exact) mass is 210 g/mol. The van der Waals surface area contributed by atoms with E-state index in [0.29, 0.717) is 6.42 Å². The van der Waals surface area contributed by atoms with Crippen LogP contribution in [0, 0.1) is 0 Å². The zero-order chi connectivity index (χ0) is 11.3. The lowest BCUT2D eigenvalue weighted by Crippen LogP contribution is -2.22. The van der Waals surface area contributed by atoms with Gasteiger partial charge in [-0.25, -0.2) is 0 Å². The fourth-order valence-electron chi connectivity index (χ4n) is 1.56. The van der Waals surface area contributed by atoms with Crippen LogP contribution in [0.1, 0.15) is 25.3 Å². The molecule has 0 radical (unpaired) electrons. The van der Waals surface area contributed by atoms with E-state index in [4.69, 9.17) is 4.74 Å². The van der Waals surface area contributed by atoms with Crippen molar-refractivity contribution in [1.82, 2.24) is 9.78 Å². The van der Waals surface area contributed by atoms with Crippen LogP contribution in [0.3, 0.4) is 0 Å². The van der Waals surface area contributed by atoms with Crippen molar-refractivity contribution in [3.05, 3.63) is 18.0 Å². The van der Waals surface area contributed by atoms with Crippen LogP contribution >= 0.6 is 0 Å². The fraction of sp³-hybridized carbons (Fsp3) is 0.636. The van der Waals surface area contributed by atoms with Crippen molar-refractivity contribution in [1.29, 1.82) is 0 Å². The van der Waals surface area contributed by atoms with Gasteiger partial charge in [-0.15, -0.1) is 0 Å². The molecule has 1 heterocycles. The van der Waals surface area contributed by atoms with E-state index in [1.165, 1.54) is 0 Å². The van der Waals surface area contributed by atoms with E-state index in [0.717, 1.165) is 18.4 Å². The molecular formula is C11H18N2O2. The molecule has 0 saturated heterocycles. The van der Waals surface area contributed by atoms with Crippen LogP contribution in [0.2, 0.25) is 0 Å². The number of ketones is 1. The summed E-state index contributed by atoms with van der Waals surface area (Å²) in [4.78, 5) is 11.6. The van der Waals surface area contributed by atoms with Gasteiger partial charge in [-0.1, -0.05) is 6.92 Å². The molecule has 0 spiro atoms. The molecule has 1 unspecified atom stereocenters. The van der Waals surface area contributed by atoms with Crippen LogP contribution in [-0.2, 0) is 23.0 Å². The summed E-state index contributed by atoms with van der Waals surface area (Å²) in [6.45, 7) is 1.95. The lowest BCUT2D eigenvalue weighted by Gasteiger charge is -2.10. The van der Waals surface area contributed by atoms with Crippen molar-refractivity contribution in [2.75, 3.05) is 7.11 Å². The van der Waals surface area contributed by atoms with Crippen molar-refractivity contribution in [3.63, 3.8) is 0 Å². The number of aryl methyl sites for hydroxylation is 2. The Kier molecular flexibility index (Phi) is 4.49. The van der Waals surface area contributed by atoms with E-state index < -0.39 is 0 Å². The largest absolute Gasteiger partial charge is 0.374 e. The summed E-state index contributed by atoms with van der Waals surface area (Å²) in [6.07, 6.45) is 5.48. The van der Waals surface area contributed by atoms with E-state index in [-0.39, 0.29) is 11.9 Å². The normalized spacial score (nSPS) is 12.7. The van der Waals surface area contributed by atoms with Crippen LogP contribution in [0.15, 0.2) is 12.4 Å². The highest BCUT2D eigenvalue weighted by Gasteiger charge is 2.14.